The number of amides is 1. The van der Waals surface area contributed by atoms with Crippen molar-refractivity contribution in [1.29, 1.82) is 0 Å². The van der Waals surface area contributed by atoms with E-state index in [0.717, 1.165) is 45.4 Å². The normalized spacial score (nSPS) is 17.3. The van der Waals surface area contributed by atoms with Gasteiger partial charge in [-0.05, 0) is 37.9 Å². The summed E-state index contributed by atoms with van der Waals surface area (Å²) < 4.78 is 0. The molecule has 0 aromatic heterocycles. The van der Waals surface area contributed by atoms with E-state index < -0.39 is 0 Å². The van der Waals surface area contributed by atoms with Crippen LogP contribution >= 0.6 is 0 Å². The van der Waals surface area contributed by atoms with E-state index in [2.05, 4.69) is 41.4 Å². The van der Waals surface area contributed by atoms with Crippen molar-refractivity contribution in [3.63, 3.8) is 0 Å². The summed E-state index contributed by atoms with van der Waals surface area (Å²) in [6, 6.07) is 10.6. The van der Waals surface area contributed by atoms with E-state index in [0.29, 0.717) is 0 Å². The third-order valence-electron chi connectivity index (χ3n) is 3.76. The standard InChI is InChI=1S/C16H24N2O/c1-2-10-17-16(19)15-8-11-18(12-9-15)13-14-6-4-3-5-7-14/h3-7,15H,2,8-13H2,1H3,(H,17,19). The Hall–Kier alpha value is -1.35. The summed E-state index contributed by atoms with van der Waals surface area (Å²) in [7, 11) is 0. The van der Waals surface area contributed by atoms with Crippen molar-refractivity contribution in [2.75, 3.05) is 19.6 Å². The van der Waals surface area contributed by atoms with E-state index in [4.69, 9.17) is 0 Å². The zero-order valence-corrected chi connectivity index (χ0v) is 11.8. The average molecular weight is 260 g/mol. The Kier molecular flexibility index (Phi) is 5.40. The molecule has 1 aromatic rings. The Morgan fingerprint density at radius 3 is 2.58 bits per heavy atom. The second-order valence-corrected chi connectivity index (χ2v) is 5.33. The van der Waals surface area contributed by atoms with E-state index in [1.807, 2.05) is 6.07 Å². The molecule has 3 heteroatoms. The van der Waals surface area contributed by atoms with Gasteiger partial charge in [-0.1, -0.05) is 37.3 Å². The fourth-order valence-electron chi connectivity index (χ4n) is 2.59. The van der Waals surface area contributed by atoms with Crippen LogP contribution in [-0.2, 0) is 11.3 Å². The Labute approximate surface area is 116 Å². The Morgan fingerprint density at radius 1 is 1.26 bits per heavy atom. The molecular formula is C16H24N2O. The van der Waals surface area contributed by atoms with Gasteiger partial charge in [-0.2, -0.15) is 0 Å². The molecule has 1 amide bonds. The van der Waals surface area contributed by atoms with Crippen LogP contribution in [-0.4, -0.2) is 30.4 Å². The SMILES string of the molecule is CCCNC(=O)C1CCN(Cc2ccccc2)CC1. The molecule has 19 heavy (non-hydrogen) atoms. The van der Waals surface area contributed by atoms with E-state index in [1.54, 1.807) is 0 Å². The molecule has 0 atom stereocenters. The number of rotatable bonds is 5. The van der Waals surface area contributed by atoms with Crippen LogP contribution in [0.15, 0.2) is 30.3 Å². The van der Waals surface area contributed by atoms with E-state index >= 15 is 0 Å². The van der Waals surface area contributed by atoms with Gasteiger partial charge in [0.1, 0.15) is 0 Å². The van der Waals surface area contributed by atoms with Gasteiger partial charge < -0.3 is 5.32 Å². The maximum Gasteiger partial charge on any atom is 0.223 e. The number of hydrogen-bond donors (Lipinski definition) is 1. The van der Waals surface area contributed by atoms with Gasteiger partial charge in [0.05, 0.1) is 0 Å². The molecule has 1 aromatic carbocycles. The number of likely N-dealkylation sites (tertiary alicyclic amines) is 1. The summed E-state index contributed by atoms with van der Waals surface area (Å²) in [6.07, 6.45) is 2.99. The lowest BCUT2D eigenvalue weighted by atomic mass is 9.95. The topological polar surface area (TPSA) is 32.3 Å². The highest BCUT2D eigenvalue weighted by Crippen LogP contribution is 2.19. The fraction of sp³-hybridized carbons (Fsp3) is 0.562. The molecule has 1 fully saturated rings. The van der Waals surface area contributed by atoms with Gasteiger partial charge in [0.2, 0.25) is 5.91 Å². The molecule has 1 saturated heterocycles. The zero-order chi connectivity index (χ0) is 13.5. The number of hydrogen-bond acceptors (Lipinski definition) is 2. The van der Waals surface area contributed by atoms with Gasteiger partial charge in [0.25, 0.3) is 0 Å². The molecule has 0 bridgehead atoms. The third-order valence-corrected chi connectivity index (χ3v) is 3.76. The van der Waals surface area contributed by atoms with Crippen LogP contribution in [0.3, 0.4) is 0 Å². The minimum absolute atomic E-state index is 0.221. The molecule has 0 aliphatic carbocycles. The molecule has 0 unspecified atom stereocenters. The maximum absolute atomic E-state index is 11.9. The first kappa shape index (κ1) is 14.1. The van der Waals surface area contributed by atoms with Crippen LogP contribution in [0.2, 0.25) is 0 Å². The molecule has 1 aliphatic rings. The molecule has 2 rings (SSSR count). The lowest BCUT2D eigenvalue weighted by Crippen LogP contribution is -2.40. The first-order valence-corrected chi connectivity index (χ1v) is 7.33. The van der Waals surface area contributed by atoms with Gasteiger partial charge in [0.15, 0.2) is 0 Å². The minimum Gasteiger partial charge on any atom is -0.356 e. The second kappa shape index (κ2) is 7.29. The van der Waals surface area contributed by atoms with Gasteiger partial charge in [-0.3, -0.25) is 9.69 Å². The predicted octanol–water partition coefficient (Wildman–Crippen LogP) is 2.42. The smallest absolute Gasteiger partial charge is 0.223 e. The average Bonchev–Trinajstić information content (AvgIpc) is 2.46. The predicted molar refractivity (Wildman–Crippen MR) is 77.7 cm³/mol. The molecule has 0 spiro atoms. The fourth-order valence-corrected chi connectivity index (χ4v) is 2.59. The molecule has 1 heterocycles. The number of nitrogens with zero attached hydrogens (tertiary/aromatic N) is 1. The molecule has 1 aliphatic heterocycles. The highest BCUT2D eigenvalue weighted by Gasteiger charge is 2.24. The van der Waals surface area contributed by atoms with Gasteiger partial charge >= 0.3 is 0 Å². The van der Waals surface area contributed by atoms with Crippen molar-refractivity contribution in [3.8, 4) is 0 Å². The lowest BCUT2D eigenvalue weighted by molar-refractivity contribution is -0.126. The van der Waals surface area contributed by atoms with Gasteiger partial charge in [0, 0.05) is 19.0 Å². The van der Waals surface area contributed by atoms with Gasteiger partial charge in [-0.15, -0.1) is 0 Å². The van der Waals surface area contributed by atoms with E-state index in [-0.39, 0.29) is 11.8 Å². The van der Waals surface area contributed by atoms with Crippen molar-refractivity contribution in [2.45, 2.75) is 32.7 Å². The Morgan fingerprint density at radius 2 is 1.95 bits per heavy atom. The third kappa shape index (κ3) is 4.35. The molecular weight excluding hydrogens is 236 g/mol. The highest BCUT2D eigenvalue weighted by atomic mass is 16.1. The summed E-state index contributed by atoms with van der Waals surface area (Å²) in [5.41, 5.74) is 1.36. The summed E-state index contributed by atoms with van der Waals surface area (Å²) >= 11 is 0. The molecule has 0 saturated carbocycles. The van der Waals surface area contributed by atoms with E-state index in [9.17, 15) is 4.79 Å². The molecule has 3 nitrogen and oxygen atoms in total. The van der Waals surface area contributed by atoms with Crippen LogP contribution in [0.25, 0.3) is 0 Å². The zero-order valence-electron chi connectivity index (χ0n) is 11.8. The first-order valence-electron chi connectivity index (χ1n) is 7.33. The largest absolute Gasteiger partial charge is 0.356 e. The monoisotopic (exact) mass is 260 g/mol. The molecule has 0 radical (unpaired) electrons. The van der Waals surface area contributed by atoms with Crippen LogP contribution in [0, 0.1) is 5.92 Å². The van der Waals surface area contributed by atoms with Crippen molar-refractivity contribution in [3.05, 3.63) is 35.9 Å². The van der Waals surface area contributed by atoms with Crippen molar-refractivity contribution < 1.29 is 4.79 Å². The Bertz CT molecular complexity index is 383. The minimum atomic E-state index is 0.221. The molecule has 1 N–H and O–H groups in total. The van der Waals surface area contributed by atoms with Crippen LogP contribution < -0.4 is 5.32 Å². The maximum atomic E-state index is 11.9. The van der Waals surface area contributed by atoms with Crippen molar-refractivity contribution in [2.24, 2.45) is 5.92 Å². The number of carbonyl (C=O) groups excluding carboxylic acids is 1. The van der Waals surface area contributed by atoms with Crippen molar-refractivity contribution >= 4 is 5.91 Å². The van der Waals surface area contributed by atoms with Crippen LogP contribution in [0.1, 0.15) is 31.7 Å². The van der Waals surface area contributed by atoms with Crippen LogP contribution in [0.5, 0.6) is 0 Å². The number of carbonyl (C=O) groups is 1. The molecule has 104 valence electrons. The highest BCUT2D eigenvalue weighted by molar-refractivity contribution is 5.78. The van der Waals surface area contributed by atoms with Crippen molar-refractivity contribution in [1.82, 2.24) is 10.2 Å². The number of piperidine rings is 1. The van der Waals surface area contributed by atoms with E-state index in [1.165, 1.54) is 5.56 Å². The lowest BCUT2D eigenvalue weighted by Gasteiger charge is -2.31. The Balaban J connectivity index is 1.75. The quantitative estimate of drug-likeness (QED) is 0.882. The number of nitrogens with one attached hydrogen (secondary N) is 1. The van der Waals surface area contributed by atoms with Gasteiger partial charge in [-0.25, -0.2) is 0 Å². The number of benzene rings is 1. The first-order chi connectivity index (χ1) is 9.29. The second-order valence-electron chi connectivity index (χ2n) is 5.33. The van der Waals surface area contributed by atoms with Crippen LogP contribution in [0.4, 0.5) is 0 Å². The summed E-state index contributed by atoms with van der Waals surface area (Å²) in [4.78, 5) is 14.3. The summed E-state index contributed by atoms with van der Waals surface area (Å²) in [6.45, 7) is 5.95. The summed E-state index contributed by atoms with van der Waals surface area (Å²) in [5.74, 6) is 0.472. The summed E-state index contributed by atoms with van der Waals surface area (Å²) in [5, 5.41) is 3.01.